The fourth-order valence-corrected chi connectivity index (χ4v) is 2.15. The van der Waals surface area contributed by atoms with Crippen LogP contribution >= 0.6 is 0 Å². The molecule has 0 aromatic heterocycles. The molecule has 0 saturated heterocycles. The summed E-state index contributed by atoms with van der Waals surface area (Å²) in [5.41, 5.74) is 1.82. The Kier molecular flexibility index (Phi) is 5.21. The number of hydrogen-bond donors (Lipinski definition) is 1. The van der Waals surface area contributed by atoms with Crippen molar-refractivity contribution in [3.63, 3.8) is 0 Å². The van der Waals surface area contributed by atoms with Crippen LogP contribution in [0.3, 0.4) is 0 Å². The van der Waals surface area contributed by atoms with Crippen molar-refractivity contribution in [2.45, 2.75) is 0 Å². The first-order chi connectivity index (χ1) is 11.5. The molecular formula is C18H16N2O4. The lowest BCUT2D eigenvalue weighted by Gasteiger charge is -2.11. The van der Waals surface area contributed by atoms with Gasteiger partial charge in [0.25, 0.3) is 17.7 Å². The van der Waals surface area contributed by atoms with Gasteiger partial charge in [0.2, 0.25) is 0 Å². The second kappa shape index (κ2) is 7.32. The van der Waals surface area contributed by atoms with E-state index in [1.165, 1.54) is 4.90 Å². The second-order valence-corrected chi connectivity index (χ2v) is 5.23. The maximum Gasteiger partial charge on any atom is 0.258 e. The van der Waals surface area contributed by atoms with Gasteiger partial charge in [0.05, 0.1) is 16.7 Å². The molecule has 0 aliphatic carbocycles. The Morgan fingerprint density at radius 2 is 1.42 bits per heavy atom. The van der Waals surface area contributed by atoms with Crippen molar-refractivity contribution in [3.8, 4) is 0 Å². The van der Waals surface area contributed by atoms with E-state index < -0.39 is 0 Å². The molecule has 2 aromatic carbocycles. The van der Waals surface area contributed by atoms with Crippen molar-refractivity contribution in [3.05, 3.63) is 70.8 Å². The number of rotatable bonds is 2. The standard InChI is InChI=1S/C10H11NO2.C8H5NO2/c1-11(2)10(13)9-6-4-3-5-8(9)7-12;10-7-5-3-1-2-4-6(5)8(11)9-7/h3-7H,1-2H3;1-4H,(H,9,10,11). The van der Waals surface area contributed by atoms with Gasteiger partial charge in [-0.2, -0.15) is 0 Å². The lowest BCUT2D eigenvalue weighted by Crippen LogP contribution is -2.22. The van der Waals surface area contributed by atoms with Gasteiger partial charge < -0.3 is 4.90 Å². The summed E-state index contributed by atoms with van der Waals surface area (Å²) in [5.74, 6) is -0.751. The van der Waals surface area contributed by atoms with Gasteiger partial charge in [-0.15, -0.1) is 0 Å². The first kappa shape index (κ1) is 17.1. The molecule has 122 valence electrons. The molecule has 0 spiro atoms. The molecule has 3 rings (SSSR count). The van der Waals surface area contributed by atoms with Crippen molar-refractivity contribution in [1.82, 2.24) is 10.2 Å². The molecule has 24 heavy (non-hydrogen) atoms. The van der Waals surface area contributed by atoms with Gasteiger partial charge in [-0.05, 0) is 18.2 Å². The monoisotopic (exact) mass is 324 g/mol. The molecule has 0 saturated carbocycles. The quantitative estimate of drug-likeness (QED) is 0.674. The molecule has 1 aliphatic heterocycles. The van der Waals surface area contributed by atoms with Crippen molar-refractivity contribution in [1.29, 1.82) is 0 Å². The predicted molar refractivity (Wildman–Crippen MR) is 88.1 cm³/mol. The average Bonchev–Trinajstić information content (AvgIpc) is 2.89. The van der Waals surface area contributed by atoms with E-state index in [0.717, 1.165) is 0 Å². The molecule has 0 radical (unpaired) electrons. The molecule has 6 nitrogen and oxygen atoms in total. The van der Waals surface area contributed by atoms with Crippen LogP contribution in [0.25, 0.3) is 0 Å². The Balaban J connectivity index is 0.000000175. The molecule has 1 heterocycles. The van der Waals surface area contributed by atoms with E-state index >= 15 is 0 Å². The molecule has 6 heteroatoms. The Labute approximate surface area is 139 Å². The molecule has 0 bridgehead atoms. The van der Waals surface area contributed by atoms with Crippen LogP contribution in [0.4, 0.5) is 0 Å². The van der Waals surface area contributed by atoms with E-state index in [-0.39, 0.29) is 17.7 Å². The summed E-state index contributed by atoms with van der Waals surface area (Å²) in [4.78, 5) is 45.4. The molecule has 0 unspecified atom stereocenters. The zero-order chi connectivity index (χ0) is 17.7. The van der Waals surface area contributed by atoms with Crippen LogP contribution in [0.15, 0.2) is 48.5 Å². The lowest BCUT2D eigenvalue weighted by atomic mass is 10.1. The highest BCUT2D eigenvalue weighted by molar-refractivity contribution is 6.21. The van der Waals surface area contributed by atoms with Crippen molar-refractivity contribution in [2.75, 3.05) is 14.1 Å². The summed E-state index contributed by atoms with van der Waals surface area (Å²) in [6, 6.07) is 13.5. The van der Waals surface area contributed by atoms with Crippen LogP contribution in [0.1, 0.15) is 41.4 Å². The smallest absolute Gasteiger partial charge is 0.258 e. The number of nitrogens with one attached hydrogen (secondary N) is 1. The fourth-order valence-electron chi connectivity index (χ4n) is 2.15. The number of hydrogen-bond acceptors (Lipinski definition) is 4. The minimum atomic E-state index is -0.300. The van der Waals surface area contributed by atoms with E-state index in [1.54, 1.807) is 62.6 Å². The number of carbonyl (C=O) groups is 4. The Hall–Kier alpha value is -3.28. The van der Waals surface area contributed by atoms with E-state index in [0.29, 0.717) is 28.5 Å². The summed E-state index contributed by atoms with van der Waals surface area (Å²) >= 11 is 0. The van der Waals surface area contributed by atoms with Crippen LogP contribution in [0.5, 0.6) is 0 Å². The molecular weight excluding hydrogens is 308 g/mol. The van der Waals surface area contributed by atoms with Gasteiger partial charge in [0, 0.05) is 19.7 Å². The van der Waals surface area contributed by atoms with Crippen LogP contribution in [-0.2, 0) is 0 Å². The third-order valence-corrected chi connectivity index (χ3v) is 3.37. The minimum absolute atomic E-state index is 0.150. The second-order valence-electron chi connectivity index (χ2n) is 5.23. The average molecular weight is 324 g/mol. The summed E-state index contributed by atoms with van der Waals surface area (Å²) in [5, 5.41) is 2.20. The molecule has 1 N–H and O–H groups in total. The van der Waals surface area contributed by atoms with Crippen molar-refractivity contribution >= 4 is 24.0 Å². The highest BCUT2D eigenvalue weighted by Gasteiger charge is 2.25. The van der Waals surface area contributed by atoms with Crippen molar-refractivity contribution < 1.29 is 19.2 Å². The Morgan fingerprint density at radius 3 is 1.92 bits per heavy atom. The number of amides is 3. The Morgan fingerprint density at radius 1 is 0.917 bits per heavy atom. The van der Waals surface area contributed by atoms with Crippen molar-refractivity contribution in [2.24, 2.45) is 0 Å². The van der Waals surface area contributed by atoms with Gasteiger partial charge in [0.1, 0.15) is 0 Å². The van der Waals surface area contributed by atoms with Gasteiger partial charge >= 0.3 is 0 Å². The van der Waals surface area contributed by atoms with Crippen LogP contribution in [0, 0.1) is 0 Å². The Bertz CT molecular complexity index is 779. The number of benzene rings is 2. The topological polar surface area (TPSA) is 83.6 Å². The zero-order valence-electron chi connectivity index (χ0n) is 13.3. The van der Waals surface area contributed by atoms with Gasteiger partial charge in [0.15, 0.2) is 6.29 Å². The number of nitrogens with zero attached hydrogens (tertiary/aromatic N) is 1. The highest BCUT2D eigenvalue weighted by Crippen LogP contribution is 2.13. The van der Waals surface area contributed by atoms with Crippen LogP contribution < -0.4 is 5.32 Å². The lowest BCUT2D eigenvalue weighted by molar-refractivity contribution is 0.0822. The van der Waals surface area contributed by atoms with Gasteiger partial charge in [-0.1, -0.05) is 30.3 Å². The summed E-state index contributed by atoms with van der Waals surface area (Å²) < 4.78 is 0. The fraction of sp³-hybridized carbons (Fsp3) is 0.111. The highest BCUT2D eigenvalue weighted by atomic mass is 16.2. The summed E-state index contributed by atoms with van der Waals surface area (Å²) in [6.07, 6.45) is 0.691. The predicted octanol–water partition coefficient (Wildman–Crippen LogP) is 1.77. The van der Waals surface area contributed by atoms with Crippen LogP contribution in [-0.4, -0.2) is 43.0 Å². The normalized spacial score (nSPS) is 11.8. The number of imide groups is 1. The molecule has 1 aliphatic rings. The first-order valence-electron chi connectivity index (χ1n) is 7.16. The van der Waals surface area contributed by atoms with E-state index in [9.17, 15) is 19.2 Å². The zero-order valence-corrected chi connectivity index (χ0v) is 13.3. The third kappa shape index (κ3) is 3.55. The summed E-state index contributed by atoms with van der Waals surface area (Å²) in [6.45, 7) is 0. The first-order valence-corrected chi connectivity index (χ1v) is 7.16. The third-order valence-electron chi connectivity index (χ3n) is 3.37. The van der Waals surface area contributed by atoms with E-state index in [2.05, 4.69) is 5.32 Å². The summed E-state index contributed by atoms with van der Waals surface area (Å²) in [7, 11) is 3.31. The SMILES string of the molecule is CN(C)C(=O)c1ccccc1C=O.O=C1NC(=O)c2ccccc21. The maximum absolute atomic E-state index is 11.5. The largest absolute Gasteiger partial charge is 0.345 e. The molecule has 0 fully saturated rings. The molecule has 2 aromatic rings. The minimum Gasteiger partial charge on any atom is -0.345 e. The number of carbonyl (C=O) groups excluding carboxylic acids is 4. The maximum atomic E-state index is 11.5. The number of aldehydes is 1. The van der Waals surface area contributed by atoms with E-state index in [4.69, 9.17) is 0 Å². The van der Waals surface area contributed by atoms with E-state index in [1.807, 2.05) is 0 Å². The van der Waals surface area contributed by atoms with Gasteiger partial charge in [-0.25, -0.2) is 0 Å². The molecule has 0 atom stereocenters. The number of fused-ring (bicyclic) bond motifs is 1. The molecule has 3 amide bonds. The van der Waals surface area contributed by atoms with Gasteiger partial charge in [-0.3, -0.25) is 24.5 Å². The van der Waals surface area contributed by atoms with Crippen LogP contribution in [0.2, 0.25) is 0 Å².